The van der Waals surface area contributed by atoms with Crippen LogP contribution in [0.4, 0.5) is 34.1 Å². The fraction of sp³-hybridized carbons (Fsp3) is 0.0339. The predicted molar refractivity (Wildman–Crippen MR) is 518 cm³/mol. The van der Waals surface area contributed by atoms with Gasteiger partial charge in [0.05, 0.1) is 22.1 Å². The Morgan fingerprint density at radius 3 is 1.38 bits per heavy atom. The van der Waals surface area contributed by atoms with Crippen molar-refractivity contribution in [3.05, 3.63) is 488 Å². The van der Waals surface area contributed by atoms with E-state index in [1.54, 1.807) is 0 Å². The maximum Gasteiger partial charge on any atom is 0.181 e. The van der Waals surface area contributed by atoms with Gasteiger partial charge in [-0.05, 0) is 214 Å². The molecule has 2 atom stereocenters. The van der Waals surface area contributed by atoms with Gasteiger partial charge < -0.3 is 33.3 Å². The van der Waals surface area contributed by atoms with E-state index < -0.39 is 13.5 Å². The van der Waals surface area contributed by atoms with Crippen molar-refractivity contribution >= 4 is 84.8 Å². The number of benzene rings is 19. The van der Waals surface area contributed by atoms with Gasteiger partial charge in [0.2, 0.25) is 0 Å². The Labute approximate surface area is 733 Å². The molecule has 126 heavy (non-hydrogen) atoms. The Bertz CT molecular complexity index is 7650. The van der Waals surface area contributed by atoms with Crippen LogP contribution in [-0.2, 0) is 10.8 Å². The Balaban J connectivity index is 0.000000141. The minimum absolute atomic E-state index is 0.207. The first-order chi connectivity index (χ1) is 62.3. The summed E-state index contributed by atoms with van der Waals surface area (Å²) in [6.45, 7) is 4.75. The van der Waals surface area contributed by atoms with Gasteiger partial charge in [-0.25, -0.2) is 0 Å². The second kappa shape index (κ2) is 29.7. The van der Waals surface area contributed by atoms with Crippen LogP contribution in [0.3, 0.4) is 0 Å². The van der Waals surface area contributed by atoms with Gasteiger partial charge in [0.15, 0.2) is 54.1 Å². The smallest absolute Gasteiger partial charge is 0.181 e. The zero-order valence-corrected chi connectivity index (χ0v) is 70.3. The Morgan fingerprint density at radius 1 is 0.270 bits per heavy atom. The highest BCUT2D eigenvalue weighted by Gasteiger charge is 2.53. The molecule has 0 N–H and O–H groups in total. The highest BCUT2D eigenvalue weighted by atomic mass is 28.3. The number of para-hydroxylation sites is 10. The number of anilines is 6. The summed E-state index contributed by atoms with van der Waals surface area (Å²) < 4.78 is 29.3. The fourth-order valence-electron chi connectivity index (χ4n) is 21.3. The summed E-state index contributed by atoms with van der Waals surface area (Å²) in [6.07, 6.45) is 0. The molecular formula is C118H81N3O4Si. The Morgan fingerprint density at radius 2 is 0.722 bits per heavy atom. The standard InChI is InChI=1S/C61H40N2O2.C57H41NO2Si/c1-4-17-44(18-5-1)62(45-19-6-2-7-20-45)47-37-35-43(36-38-47)61(52-27-12-10-24-51(52)58-53(61)39-40-57-60(58)65-56-30-15-14-29-55(56)64-57)42-33-31-41(32-34-42)48-25-16-26-50-49-23-11-13-28-54(49)63(59(48)50)46-21-8-3-9-22-46;1-57(2)46-29-12-9-26-43(46)44-28-18-30-47(55(44)57)58(39-21-7-4-8-22-39)40-23-17-24-41(37-40)61(51-33-15-10-25-42(51)38-19-5-3-6-20-38)52-34-16-11-27-45(52)54-53(61)36-35-50-56(54)60-49-32-14-13-31-48(49)59-50/h1-40H;3-37H,1-2H3. The van der Waals surface area contributed by atoms with E-state index in [0.717, 1.165) is 102 Å². The van der Waals surface area contributed by atoms with Crippen LogP contribution in [-0.4, -0.2) is 12.6 Å². The van der Waals surface area contributed by atoms with E-state index in [1.807, 2.05) is 48.5 Å². The molecule has 4 heterocycles. The van der Waals surface area contributed by atoms with Crippen LogP contribution in [0, 0.1) is 0 Å². The van der Waals surface area contributed by atoms with Crippen LogP contribution in [0.15, 0.2) is 455 Å². The monoisotopic (exact) mass is 1630 g/mol. The molecule has 0 bridgehead atoms. The largest absolute Gasteiger partial charge is 0.449 e. The first-order valence-corrected chi connectivity index (χ1v) is 45.3. The fourth-order valence-corrected chi connectivity index (χ4v) is 26.7. The van der Waals surface area contributed by atoms with Crippen LogP contribution in [0.1, 0.15) is 47.2 Å². The third-order valence-corrected chi connectivity index (χ3v) is 31.4. The molecule has 8 heteroatoms. The number of ether oxygens (including phenoxy) is 4. The molecule has 596 valence electrons. The van der Waals surface area contributed by atoms with Crippen molar-refractivity contribution in [3.8, 4) is 107 Å². The maximum absolute atomic E-state index is 6.91. The lowest BCUT2D eigenvalue weighted by Gasteiger charge is -2.36. The van der Waals surface area contributed by atoms with Crippen LogP contribution in [0.25, 0.3) is 83.1 Å². The summed E-state index contributed by atoms with van der Waals surface area (Å²) in [6, 6.07) is 164. The van der Waals surface area contributed by atoms with Gasteiger partial charge >= 0.3 is 0 Å². The number of aromatic nitrogens is 1. The van der Waals surface area contributed by atoms with E-state index in [9.17, 15) is 0 Å². The molecule has 2 unspecified atom stereocenters. The maximum atomic E-state index is 6.91. The Kier molecular flexibility index (Phi) is 17.4. The lowest BCUT2D eigenvalue weighted by Crippen LogP contribution is -2.73. The lowest BCUT2D eigenvalue weighted by atomic mass is 9.67. The van der Waals surface area contributed by atoms with Gasteiger partial charge in [0, 0.05) is 67.0 Å². The van der Waals surface area contributed by atoms with Gasteiger partial charge in [-0.1, -0.05) is 347 Å². The number of hydrogen-bond acceptors (Lipinski definition) is 6. The highest BCUT2D eigenvalue weighted by Crippen LogP contribution is 2.64. The molecule has 3 aliphatic heterocycles. The zero-order chi connectivity index (χ0) is 83.6. The van der Waals surface area contributed by atoms with Crippen LogP contribution >= 0.6 is 0 Å². The number of rotatable bonds is 13. The molecule has 7 nitrogen and oxygen atoms in total. The molecule has 5 aliphatic rings. The van der Waals surface area contributed by atoms with Crippen molar-refractivity contribution in [1.82, 2.24) is 4.57 Å². The molecule has 0 fully saturated rings. The van der Waals surface area contributed by atoms with Crippen molar-refractivity contribution in [3.63, 3.8) is 0 Å². The number of fused-ring (bicyclic) bond motifs is 18. The first-order valence-electron chi connectivity index (χ1n) is 43.3. The van der Waals surface area contributed by atoms with Crippen LogP contribution in [0.5, 0.6) is 46.0 Å². The van der Waals surface area contributed by atoms with Gasteiger partial charge in [-0.2, -0.15) is 0 Å². The quantitative estimate of drug-likeness (QED) is 0.107. The normalized spacial score (nSPS) is 15.1. The molecule has 19 aromatic carbocycles. The van der Waals surface area contributed by atoms with Crippen molar-refractivity contribution in [2.24, 2.45) is 0 Å². The molecular weight excluding hydrogens is 1550 g/mol. The summed E-state index contributed by atoms with van der Waals surface area (Å²) in [5.41, 5.74) is 28.5. The second-order valence-corrected chi connectivity index (χ2v) is 37.2. The van der Waals surface area contributed by atoms with E-state index in [4.69, 9.17) is 18.9 Å². The first kappa shape index (κ1) is 73.9. The summed E-state index contributed by atoms with van der Waals surface area (Å²) in [4.78, 5) is 4.81. The van der Waals surface area contributed by atoms with E-state index in [1.165, 1.54) is 98.3 Å². The van der Waals surface area contributed by atoms with Crippen LogP contribution < -0.4 is 49.5 Å². The molecule has 0 saturated heterocycles. The van der Waals surface area contributed by atoms with E-state index in [2.05, 4.69) is 435 Å². The topological polar surface area (TPSA) is 48.3 Å². The van der Waals surface area contributed by atoms with Crippen LogP contribution in [0.2, 0.25) is 0 Å². The van der Waals surface area contributed by atoms with E-state index in [-0.39, 0.29) is 5.41 Å². The van der Waals surface area contributed by atoms with E-state index >= 15 is 0 Å². The van der Waals surface area contributed by atoms with Crippen molar-refractivity contribution in [2.45, 2.75) is 24.7 Å². The lowest BCUT2D eigenvalue weighted by molar-refractivity contribution is 0.360. The van der Waals surface area contributed by atoms with Crippen molar-refractivity contribution < 1.29 is 18.9 Å². The average Bonchev–Trinajstić information content (AvgIpc) is 1.52. The second-order valence-electron chi connectivity index (χ2n) is 33.5. The van der Waals surface area contributed by atoms with Crippen molar-refractivity contribution in [2.75, 3.05) is 9.80 Å². The van der Waals surface area contributed by atoms with E-state index in [0.29, 0.717) is 17.2 Å². The molecule has 2 aliphatic carbocycles. The number of nitrogens with zero attached hydrogens (tertiary/aromatic N) is 3. The summed E-state index contributed by atoms with van der Waals surface area (Å²) in [5, 5.41) is 7.73. The molecule has 1 aromatic heterocycles. The molecule has 0 saturated carbocycles. The summed E-state index contributed by atoms with van der Waals surface area (Å²) in [5.74, 6) is 5.84. The molecule has 0 amide bonds. The number of hydrogen-bond donors (Lipinski definition) is 0. The summed E-state index contributed by atoms with van der Waals surface area (Å²) in [7, 11) is -3.15. The third kappa shape index (κ3) is 11.4. The zero-order valence-electron chi connectivity index (χ0n) is 69.3. The predicted octanol–water partition coefficient (Wildman–Crippen LogP) is 28.6. The molecule has 0 spiro atoms. The molecule has 25 rings (SSSR count). The minimum atomic E-state index is -3.15. The SMILES string of the molecule is CC1(C)c2ccccc2-c2cccc(N(c3ccccc3)c3cccc([Si]4(c5ccccc5-c5ccccc5)c5ccccc5-c5c4ccc4c5Oc5ccccc5O4)c3)c21.c1ccc(N(c2ccccc2)c2ccc(C3(c4ccc(-c5cccc6c7ccccc7n(-c7ccccc7)c56)cc4)c4ccccc4-c4c3ccc3c4Oc4ccccc4O3)cc2)cc1. The average molecular weight is 1630 g/mol. The molecule has 0 radical (unpaired) electrons. The van der Waals surface area contributed by atoms with Gasteiger partial charge in [-0.3, -0.25) is 0 Å². The highest BCUT2D eigenvalue weighted by molar-refractivity contribution is 7.22. The van der Waals surface area contributed by atoms with Gasteiger partial charge in [-0.15, -0.1) is 0 Å². The van der Waals surface area contributed by atoms with Crippen molar-refractivity contribution in [1.29, 1.82) is 0 Å². The Hall–Kier alpha value is -16.0. The summed E-state index contributed by atoms with van der Waals surface area (Å²) >= 11 is 0. The third-order valence-electron chi connectivity index (χ3n) is 26.5. The van der Waals surface area contributed by atoms with Gasteiger partial charge in [0.1, 0.15) is 0 Å². The minimum Gasteiger partial charge on any atom is -0.449 e. The van der Waals surface area contributed by atoms with Gasteiger partial charge in [0.25, 0.3) is 0 Å². The molecule has 20 aromatic rings.